The second kappa shape index (κ2) is 14.8. The van der Waals surface area contributed by atoms with Crippen LogP contribution in [0.3, 0.4) is 0 Å². The fourth-order valence-corrected chi connectivity index (χ4v) is 6.61. The largest absolute Gasteiger partial charge is 0.497 e. The number of aromatic nitrogens is 4. The van der Waals surface area contributed by atoms with Gasteiger partial charge >= 0.3 is 0 Å². The Bertz CT molecular complexity index is 1960. The van der Waals surface area contributed by atoms with E-state index >= 15 is 0 Å². The average Bonchev–Trinajstić information content (AvgIpc) is 3.60. The predicted molar refractivity (Wildman–Crippen MR) is 183 cm³/mol. The molecule has 1 aliphatic heterocycles. The summed E-state index contributed by atoms with van der Waals surface area (Å²) in [6.45, 7) is 3.77. The number of carbonyl (C=O) groups is 1. The molecule has 0 atom stereocenters. The van der Waals surface area contributed by atoms with Gasteiger partial charge < -0.3 is 25.0 Å². The predicted octanol–water partition coefficient (Wildman–Crippen LogP) is 6.07. The normalized spacial score (nSPS) is 17.9. The van der Waals surface area contributed by atoms with Crippen molar-refractivity contribution in [1.82, 2.24) is 30.4 Å². The summed E-state index contributed by atoms with van der Waals surface area (Å²) in [6, 6.07) is 13.7. The van der Waals surface area contributed by atoms with Crippen molar-refractivity contribution in [3.63, 3.8) is 0 Å². The molecular weight excluding hydrogens is 647 g/mol. The minimum Gasteiger partial charge on any atom is -0.497 e. The summed E-state index contributed by atoms with van der Waals surface area (Å²) in [5.74, 6) is -4.26. The van der Waals surface area contributed by atoms with Crippen LogP contribution in [-0.4, -0.2) is 65.5 Å². The quantitative estimate of drug-likeness (QED) is 0.171. The summed E-state index contributed by atoms with van der Waals surface area (Å²) in [6.07, 6.45) is 9.01. The van der Waals surface area contributed by atoms with Crippen molar-refractivity contribution in [2.75, 3.05) is 44.7 Å². The molecule has 3 heterocycles. The average molecular weight is 686 g/mol. The minimum absolute atomic E-state index is 0.138. The monoisotopic (exact) mass is 685 g/mol. The molecule has 2 N–H and O–H groups in total. The van der Waals surface area contributed by atoms with Crippen LogP contribution in [0.4, 0.5) is 19.0 Å². The zero-order chi connectivity index (χ0) is 34.6. The summed E-state index contributed by atoms with van der Waals surface area (Å²) in [5, 5.41) is 11.9. The van der Waals surface area contributed by atoms with Crippen LogP contribution in [0.2, 0.25) is 0 Å². The Morgan fingerprint density at radius 1 is 0.960 bits per heavy atom. The lowest BCUT2D eigenvalue weighted by molar-refractivity contribution is 0.0935. The number of benzene rings is 3. The van der Waals surface area contributed by atoms with Crippen molar-refractivity contribution < 1.29 is 27.4 Å². The number of carbonyl (C=O) groups excluding carboxylic acids is 1. The van der Waals surface area contributed by atoms with Crippen LogP contribution in [0.5, 0.6) is 11.5 Å². The lowest BCUT2D eigenvalue weighted by atomic mass is 9.86. The maximum absolute atomic E-state index is 14.9. The van der Waals surface area contributed by atoms with Gasteiger partial charge in [-0.15, -0.1) is 0 Å². The number of ether oxygens (including phenoxy) is 2. The number of hydrogen-bond donors (Lipinski definition) is 2. The number of halogens is 3. The molecule has 0 unspecified atom stereocenters. The van der Waals surface area contributed by atoms with Crippen LogP contribution < -0.4 is 25.0 Å². The molecule has 7 rings (SSSR count). The van der Waals surface area contributed by atoms with Crippen LogP contribution in [-0.2, 0) is 6.61 Å². The number of hydrogen-bond acceptors (Lipinski definition) is 8. The van der Waals surface area contributed by atoms with Crippen molar-refractivity contribution in [3.8, 4) is 22.8 Å². The van der Waals surface area contributed by atoms with E-state index in [0.29, 0.717) is 17.4 Å². The van der Waals surface area contributed by atoms with E-state index in [1.807, 2.05) is 35.3 Å². The molecule has 1 amide bonds. The maximum Gasteiger partial charge on any atom is 0.254 e. The zero-order valence-electron chi connectivity index (χ0n) is 27.7. The highest BCUT2D eigenvalue weighted by atomic mass is 19.2. The molecular formula is C37H38F3N7O3. The third-order valence-corrected chi connectivity index (χ3v) is 9.55. The number of piperazine rings is 1. The number of methoxy groups -OCH3 is 1. The van der Waals surface area contributed by atoms with Crippen molar-refractivity contribution in [2.24, 2.45) is 5.92 Å². The molecule has 2 fully saturated rings. The van der Waals surface area contributed by atoms with E-state index in [-0.39, 0.29) is 25.1 Å². The van der Waals surface area contributed by atoms with Gasteiger partial charge in [-0.1, -0.05) is 24.3 Å². The summed E-state index contributed by atoms with van der Waals surface area (Å²) in [7, 11) is 1.52. The van der Waals surface area contributed by atoms with Gasteiger partial charge in [0.1, 0.15) is 18.2 Å². The first-order chi connectivity index (χ1) is 24.4. The number of fused-ring (bicyclic) bond motifs is 1. The number of nitrogens with one attached hydrogen (secondary N) is 2. The molecule has 0 radical (unpaired) electrons. The van der Waals surface area contributed by atoms with Crippen LogP contribution in [0.1, 0.15) is 47.6 Å². The molecule has 260 valence electrons. The van der Waals surface area contributed by atoms with Crippen molar-refractivity contribution in [3.05, 3.63) is 95.7 Å². The molecule has 2 aliphatic rings. The first-order valence-electron chi connectivity index (χ1n) is 16.8. The molecule has 2 aromatic heterocycles. The van der Waals surface area contributed by atoms with Crippen LogP contribution in [0.25, 0.3) is 22.2 Å². The highest BCUT2D eigenvalue weighted by Crippen LogP contribution is 2.34. The van der Waals surface area contributed by atoms with E-state index in [1.54, 1.807) is 24.3 Å². The molecule has 0 spiro atoms. The molecule has 0 bridgehead atoms. The molecule has 1 saturated heterocycles. The molecule has 1 saturated carbocycles. The maximum atomic E-state index is 14.9. The fourth-order valence-electron chi connectivity index (χ4n) is 6.61. The Morgan fingerprint density at radius 3 is 2.46 bits per heavy atom. The van der Waals surface area contributed by atoms with E-state index in [0.717, 1.165) is 79.8 Å². The minimum atomic E-state index is -1.54. The highest BCUT2D eigenvalue weighted by Gasteiger charge is 2.27. The number of amides is 1. The molecule has 50 heavy (non-hydrogen) atoms. The Labute approximate surface area is 287 Å². The third kappa shape index (κ3) is 7.23. The van der Waals surface area contributed by atoms with Gasteiger partial charge in [0, 0.05) is 49.9 Å². The second-order valence-electron chi connectivity index (χ2n) is 12.8. The molecule has 1 aliphatic carbocycles. The van der Waals surface area contributed by atoms with Gasteiger partial charge in [0.2, 0.25) is 5.82 Å². The van der Waals surface area contributed by atoms with E-state index in [2.05, 4.69) is 31.7 Å². The molecule has 10 nitrogen and oxygen atoms in total. The fraction of sp³-hybridized carbons (Fsp3) is 0.351. The van der Waals surface area contributed by atoms with Gasteiger partial charge in [0.25, 0.3) is 5.91 Å². The summed E-state index contributed by atoms with van der Waals surface area (Å²) < 4.78 is 56.8. The lowest BCUT2D eigenvalue weighted by Crippen LogP contribution is -2.43. The summed E-state index contributed by atoms with van der Waals surface area (Å²) in [4.78, 5) is 24.3. The summed E-state index contributed by atoms with van der Waals surface area (Å²) >= 11 is 0. The van der Waals surface area contributed by atoms with Crippen molar-refractivity contribution in [2.45, 2.75) is 38.3 Å². The topological polar surface area (TPSA) is 106 Å². The summed E-state index contributed by atoms with van der Waals surface area (Å²) in [5.41, 5.74) is 2.53. The third-order valence-electron chi connectivity index (χ3n) is 9.55. The SMILES string of the molecule is COc1ccc(COc2c(F)cc(C(=O)NCC3CCC(n4cc5ccc(-c6cnc(N7CCNCC7)cn6)cc5n4)CC3)c(F)c2F)cc1. The first-order valence-corrected chi connectivity index (χ1v) is 16.8. The highest BCUT2D eigenvalue weighted by molar-refractivity contribution is 5.94. The molecule has 13 heteroatoms. The molecule has 5 aromatic rings. The lowest BCUT2D eigenvalue weighted by Gasteiger charge is -2.28. The van der Waals surface area contributed by atoms with Gasteiger partial charge in [-0.3, -0.25) is 14.5 Å². The Balaban J connectivity index is 0.920. The van der Waals surface area contributed by atoms with Crippen LogP contribution in [0, 0.1) is 23.4 Å². The van der Waals surface area contributed by atoms with Gasteiger partial charge in [-0.25, -0.2) is 13.8 Å². The Kier molecular flexibility index (Phi) is 9.83. The van der Waals surface area contributed by atoms with Gasteiger partial charge in [0.15, 0.2) is 17.4 Å². The standard InChI is InChI=1S/C37H38F3N7O3/c1-49-28-10-4-24(5-11-28)22-50-36-30(38)17-29(34(39)35(36)40)37(48)44-18-23-2-8-27(9-3-23)47-21-26-7-6-25(16-31(26)45-47)32-19-43-33(20-42-32)46-14-12-41-13-15-46/h4-7,10-11,16-17,19-21,23,27,41H,2-3,8-9,12-15,18,22H2,1H3,(H,44,48). The second-order valence-corrected chi connectivity index (χ2v) is 12.8. The van der Waals surface area contributed by atoms with Crippen LogP contribution in [0.15, 0.2) is 67.1 Å². The number of anilines is 1. The number of rotatable bonds is 10. The Hall–Kier alpha value is -5.17. The van der Waals surface area contributed by atoms with E-state index < -0.39 is 34.7 Å². The smallest absolute Gasteiger partial charge is 0.254 e. The van der Waals surface area contributed by atoms with E-state index in [9.17, 15) is 18.0 Å². The van der Waals surface area contributed by atoms with Crippen molar-refractivity contribution in [1.29, 1.82) is 0 Å². The first kappa shape index (κ1) is 33.3. The van der Waals surface area contributed by atoms with Gasteiger partial charge in [0.05, 0.1) is 42.3 Å². The van der Waals surface area contributed by atoms with E-state index in [1.165, 1.54) is 7.11 Å². The Morgan fingerprint density at radius 2 is 1.74 bits per heavy atom. The zero-order valence-corrected chi connectivity index (χ0v) is 27.7. The molecule has 3 aromatic carbocycles. The van der Waals surface area contributed by atoms with Crippen LogP contribution >= 0.6 is 0 Å². The van der Waals surface area contributed by atoms with Crippen molar-refractivity contribution >= 4 is 22.6 Å². The van der Waals surface area contributed by atoms with Gasteiger partial charge in [-0.2, -0.15) is 9.49 Å². The number of nitrogens with zero attached hydrogens (tertiary/aromatic N) is 5. The van der Waals surface area contributed by atoms with E-state index in [4.69, 9.17) is 14.6 Å². The van der Waals surface area contributed by atoms with Gasteiger partial charge in [-0.05, 0) is 61.4 Å².